The van der Waals surface area contributed by atoms with E-state index in [9.17, 15) is 0 Å². The minimum Gasteiger partial charge on any atom is -0.368 e. The molecule has 3 nitrogen and oxygen atoms in total. The van der Waals surface area contributed by atoms with Gasteiger partial charge in [-0.2, -0.15) is 0 Å². The third kappa shape index (κ3) is 1.70. The van der Waals surface area contributed by atoms with E-state index in [0.717, 1.165) is 11.1 Å². The van der Waals surface area contributed by atoms with Gasteiger partial charge in [0.15, 0.2) is 0 Å². The highest BCUT2D eigenvalue weighted by atomic mass is 15.0. The van der Waals surface area contributed by atoms with Crippen LogP contribution < -0.4 is 5.73 Å². The van der Waals surface area contributed by atoms with Crippen molar-refractivity contribution in [3.63, 3.8) is 0 Å². The summed E-state index contributed by atoms with van der Waals surface area (Å²) in [5.41, 5.74) is 8.91. The molecule has 0 saturated carbocycles. The quantitative estimate of drug-likeness (QED) is 0.704. The second-order valence-electron chi connectivity index (χ2n) is 4.31. The fraction of sp³-hybridized carbons (Fsp3) is 0.0667. The summed E-state index contributed by atoms with van der Waals surface area (Å²) in [6, 6.07) is 12.6. The van der Waals surface area contributed by atoms with Crippen molar-refractivity contribution in [2.24, 2.45) is 0 Å². The van der Waals surface area contributed by atoms with E-state index in [0.29, 0.717) is 5.95 Å². The van der Waals surface area contributed by atoms with Crippen LogP contribution in [0.1, 0.15) is 5.56 Å². The van der Waals surface area contributed by atoms with Gasteiger partial charge in [-0.05, 0) is 28.8 Å². The second kappa shape index (κ2) is 4.11. The van der Waals surface area contributed by atoms with Crippen LogP contribution in [0.4, 0.5) is 5.95 Å². The highest BCUT2D eigenvalue weighted by Crippen LogP contribution is 2.29. The largest absolute Gasteiger partial charge is 0.368 e. The van der Waals surface area contributed by atoms with Crippen LogP contribution in [0.5, 0.6) is 0 Å². The highest BCUT2D eigenvalue weighted by Gasteiger charge is 2.06. The number of aromatic nitrogens is 2. The molecule has 0 radical (unpaired) electrons. The number of hydrogen-bond acceptors (Lipinski definition) is 3. The predicted molar refractivity (Wildman–Crippen MR) is 74.1 cm³/mol. The molecular weight excluding hydrogens is 222 g/mol. The SMILES string of the molecule is Cc1ccc(-c2cnc(N)nc2)c2ccccc12. The molecule has 18 heavy (non-hydrogen) atoms. The molecule has 1 heterocycles. The first-order chi connectivity index (χ1) is 8.75. The van der Waals surface area contributed by atoms with Crippen molar-refractivity contribution in [3.05, 3.63) is 54.4 Å². The first-order valence-corrected chi connectivity index (χ1v) is 5.82. The standard InChI is InChI=1S/C15H13N3/c1-10-6-7-13(11-8-17-15(16)18-9-11)14-5-3-2-4-12(10)14/h2-9H,1H3,(H2,16,17,18). The molecule has 0 spiro atoms. The molecule has 0 amide bonds. The molecule has 3 rings (SSSR count). The van der Waals surface area contributed by atoms with Crippen molar-refractivity contribution >= 4 is 16.7 Å². The molecule has 2 aromatic carbocycles. The Morgan fingerprint density at radius 3 is 2.28 bits per heavy atom. The Balaban J connectivity index is 2.30. The Morgan fingerprint density at radius 1 is 0.889 bits per heavy atom. The minimum absolute atomic E-state index is 0.301. The van der Waals surface area contributed by atoms with Gasteiger partial charge in [0.05, 0.1) is 0 Å². The molecule has 3 aromatic rings. The first kappa shape index (κ1) is 10.7. The zero-order valence-corrected chi connectivity index (χ0v) is 10.1. The van der Waals surface area contributed by atoms with Crippen LogP contribution in [0.25, 0.3) is 21.9 Å². The lowest BCUT2D eigenvalue weighted by atomic mass is 9.97. The zero-order chi connectivity index (χ0) is 12.5. The molecule has 0 unspecified atom stereocenters. The third-order valence-corrected chi connectivity index (χ3v) is 3.12. The van der Waals surface area contributed by atoms with Gasteiger partial charge >= 0.3 is 0 Å². The number of nitrogens with two attached hydrogens (primary N) is 1. The summed E-state index contributed by atoms with van der Waals surface area (Å²) in [6.07, 6.45) is 3.53. The predicted octanol–water partition coefficient (Wildman–Crippen LogP) is 3.19. The van der Waals surface area contributed by atoms with Crippen molar-refractivity contribution in [3.8, 4) is 11.1 Å². The summed E-state index contributed by atoms with van der Waals surface area (Å²) in [7, 11) is 0. The Kier molecular flexibility index (Phi) is 2.45. The van der Waals surface area contributed by atoms with Gasteiger partial charge in [0.1, 0.15) is 0 Å². The van der Waals surface area contributed by atoms with E-state index < -0.39 is 0 Å². The molecule has 88 valence electrons. The number of rotatable bonds is 1. The summed E-state index contributed by atoms with van der Waals surface area (Å²) in [5.74, 6) is 0.301. The average molecular weight is 235 g/mol. The molecular formula is C15H13N3. The summed E-state index contributed by atoms with van der Waals surface area (Å²) >= 11 is 0. The lowest BCUT2D eigenvalue weighted by Gasteiger charge is -2.08. The van der Waals surface area contributed by atoms with Gasteiger partial charge in [-0.1, -0.05) is 36.4 Å². The van der Waals surface area contributed by atoms with E-state index in [4.69, 9.17) is 5.73 Å². The van der Waals surface area contributed by atoms with Crippen LogP contribution in [-0.2, 0) is 0 Å². The second-order valence-corrected chi connectivity index (χ2v) is 4.31. The van der Waals surface area contributed by atoms with Crippen LogP contribution >= 0.6 is 0 Å². The number of aryl methyl sites for hydroxylation is 1. The molecule has 1 aromatic heterocycles. The van der Waals surface area contributed by atoms with E-state index in [1.807, 2.05) is 6.07 Å². The van der Waals surface area contributed by atoms with Crippen LogP contribution in [0, 0.1) is 6.92 Å². The Hall–Kier alpha value is -2.42. The summed E-state index contributed by atoms with van der Waals surface area (Å²) in [6.45, 7) is 2.12. The van der Waals surface area contributed by atoms with Crippen molar-refractivity contribution < 1.29 is 0 Å². The smallest absolute Gasteiger partial charge is 0.219 e. The van der Waals surface area contributed by atoms with Gasteiger partial charge in [0, 0.05) is 18.0 Å². The fourth-order valence-electron chi connectivity index (χ4n) is 2.18. The lowest BCUT2D eigenvalue weighted by molar-refractivity contribution is 1.19. The molecule has 0 saturated heterocycles. The Bertz CT molecular complexity index is 703. The molecule has 0 atom stereocenters. The van der Waals surface area contributed by atoms with Crippen molar-refractivity contribution in [1.29, 1.82) is 0 Å². The average Bonchev–Trinajstić information content (AvgIpc) is 2.41. The number of anilines is 1. The zero-order valence-electron chi connectivity index (χ0n) is 10.1. The van der Waals surface area contributed by atoms with E-state index in [2.05, 4.69) is 47.2 Å². The molecule has 2 N–H and O–H groups in total. The fourth-order valence-corrected chi connectivity index (χ4v) is 2.18. The summed E-state index contributed by atoms with van der Waals surface area (Å²) < 4.78 is 0. The van der Waals surface area contributed by atoms with Crippen LogP contribution in [0.2, 0.25) is 0 Å². The molecule has 0 fully saturated rings. The van der Waals surface area contributed by atoms with Gasteiger partial charge in [-0.25, -0.2) is 9.97 Å². The monoisotopic (exact) mass is 235 g/mol. The lowest BCUT2D eigenvalue weighted by Crippen LogP contribution is -1.94. The van der Waals surface area contributed by atoms with E-state index in [1.165, 1.54) is 16.3 Å². The van der Waals surface area contributed by atoms with Gasteiger partial charge in [0.2, 0.25) is 5.95 Å². The van der Waals surface area contributed by atoms with E-state index in [-0.39, 0.29) is 0 Å². The van der Waals surface area contributed by atoms with Gasteiger partial charge in [-0.3, -0.25) is 0 Å². The number of benzene rings is 2. The molecule has 3 heteroatoms. The maximum atomic E-state index is 5.52. The molecule has 0 aliphatic carbocycles. The van der Waals surface area contributed by atoms with Gasteiger partial charge < -0.3 is 5.73 Å². The Labute approximate surface area is 105 Å². The number of nitrogen functional groups attached to an aromatic ring is 1. The van der Waals surface area contributed by atoms with Gasteiger partial charge in [-0.15, -0.1) is 0 Å². The van der Waals surface area contributed by atoms with E-state index >= 15 is 0 Å². The molecule has 0 aliphatic heterocycles. The highest BCUT2D eigenvalue weighted by molar-refractivity contribution is 5.98. The van der Waals surface area contributed by atoms with Gasteiger partial charge in [0.25, 0.3) is 0 Å². The third-order valence-electron chi connectivity index (χ3n) is 3.12. The minimum atomic E-state index is 0.301. The topological polar surface area (TPSA) is 51.8 Å². The van der Waals surface area contributed by atoms with Crippen LogP contribution in [0.3, 0.4) is 0 Å². The molecule has 0 bridgehead atoms. The number of nitrogens with zero attached hydrogens (tertiary/aromatic N) is 2. The summed E-state index contributed by atoms with van der Waals surface area (Å²) in [5, 5.41) is 2.47. The maximum absolute atomic E-state index is 5.52. The van der Waals surface area contributed by atoms with Crippen LogP contribution in [0.15, 0.2) is 48.8 Å². The molecule has 0 aliphatic rings. The Morgan fingerprint density at radius 2 is 1.56 bits per heavy atom. The van der Waals surface area contributed by atoms with Crippen molar-refractivity contribution in [1.82, 2.24) is 9.97 Å². The maximum Gasteiger partial charge on any atom is 0.219 e. The first-order valence-electron chi connectivity index (χ1n) is 5.82. The van der Waals surface area contributed by atoms with E-state index in [1.54, 1.807) is 12.4 Å². The summed E-state index contributed by atoms with van der Waals surface area (Å²) in [4.78, 5) is 8.10. The van der Waals surface area contributed by atoms with Crippen molar-refractivity contribution in [2.45, 2.75) is 6.92 Å². The number of fused-ring (bicyclic) bond motifs is 1. The normalized spacial score (nSPS) is 10.7. The van der Waals surface area contributed by atoms with Crippen molar-refractivity contribution in [2.75, 3.05) is 5.73 Å². The van der Waals surface area contributed by atoms with Crippen LogP contribution in [-0.4, -0.2) is 9.97 Å². The number of hydrogen-bond donors (Lipinski definition) is 1.